The van der Waals surface area contributed by atoms with Gasteiger partial charge in [-0.1, -0.05) is 5.16 Å². The second-order valence-corrected chi connectivity index (χ2v) is 9.64. The van der Waals surface area contributed by atoms with Crippen molar-refractivity contribution in [3.63, 3.8) is 0 Å². The average molecular weight is 385 g/mol. The van der Waals surface area contributed by atoms with Crippen LogP contribution in [-0.4, -0.2) is 67.1 Å². The number of hydrogen-bond acceptors (Lipinski definition) is 7. The highest BCUT2D eigenvalue weighted by molar-refractivity contribution is 7.90. The molecule has 1 atom stereocenters. The first-order chi connectivity index (χ1) is 12.6. The van der Waals surface area contributed by atoms with E-state index in [0.29, 0.717) is 43.8 Å². The van der Waals surface area contributed by atoms with Gasteiger partial charge < -0.3 is 14.0 Å². The molecule has 0 radical (unpaired) electrons. The van der Waals surface area contributed by atoms with Crippen LogP contribution in [0.4, 0.5) is 0 Å². The van der Waals surface area contributed by atoms with Gasteiger partial charge in [-0.05, 0) is 38.5 Å². The molecule has 3 aliphatic rings. The summed E-state index contributed by atoms with van der Waals surface area (Å²) >= 11 is 0. The third-order valence-electron chi connectivity index (χ3n) is 5.38. The van der Waals surface area contributed by atoms with Crippen molar-refractivity contribution in [3.8, 4) is 0 Å². The molecule has 0 bridgehead atoms. The van der Waals surface area contributed by atoms with Gasteiger partial charge in [-0.3, -0.25) is 0 Å². The van der Waals surface area contributed by atoms with Gasteiger partial charge in [0.05, 0.1) is 18.0 Å². The van der Waals surface area contributed by atoms with Gasteiger partial charge >= 0.3 is 0 Å². The molecule has 4 rings (SSSR count). The molecular weight excluding hydrogens is 358 g/mol. The van der Waals surface area contributed by atoms with Gasteiger partial charge in [0.15, 0.2) is 5.82 Å². The highest BCUT2D eigenvalue weighted by atomic mass is 32.2. The van der Waals surface area contributed by atoms with E-state index in [0.717, 1.165) is 51.7 Å². The molecule has 1 aliphatic carbocycles. The third kappa shape index (κ3) is 4.27. The third-order valence-corrected chi connectivity index (χ3v) is 7.75. The molecule has 1 aromatic rings. The normalized spacial score (nSPS) is 26.2. The molecule has 9 heteroatoms. The van der Waals surface area contributed by atoms with E-state index in [9.17, 15) is 8.42 Å². The van der Waals surface area contributed by atoms with Crippen LogP contribution in [0.1, 0.15) is 56.2 Å². The van der Waals surface area contributed by atoms with Gasteiger partial charge in [0, 0.05) is 38.6 Å². The van der Waals surface area contributed by atoms with E-state index >= 15 is 0 Å². The van der Waals surface area contributed by atoms with E-state index in [1.165, 1.54) is 0 Å². The molecule has 0 N–H and O–H groups in total. The molecule has 0 aromatic carbocycles. The highest BCUT2D eigenvalue weighted by Crippen LogP contribution is 2.32. The number of piperidine rings is 1. The topological polar surface area (TPSA) is 94.8 Å². The molecule has 3 heterocycles. The summed E-state index contributed by atoms with van der Waals surface area (Å²) in [6, 6.07) is 0. The summed E-state index contributed by atoms with van der Waals surface area (Å²) in [6.07, 6.45) is 5.74. The van der Waals surface area contributed by atoms with Crippen molar-refractivity contribution in [3.05, 3.63) is 11.7 Å². The van der Waals surface area contributed by atoms with E-state index in [1.54, 1.807) is 4.31 Å². The molecule has 1 unspecified atom stereocenters. The summed E-state index contributed by atoms with van der Waals surface area (Å²) < 4.78 is 43.0. The van der Waals surface area contributed by atoms with Crippen LogP contribution in [0.25, 0.3) is 0 Å². The monoisotopic (exact) mass is 385 g/mol. The Labute approximate surface area is 154 Å². The highest BCUT2D eigenvalue weighted by Gasteiger charge is 2.41. The Kier molecular flexibility index (Phi) is 5.58. The second-order valence-electron chi connectivity index (χ2n) is 7.42. The largest absolute Gasteiger partial charge is 0.381 e. The summed E-state index contributed by atoms with van der Waals surface area (Å²) in [5.41, 5.74) is 0. The van der Waals surface area contributed by atoms with Crippen LogP contribution >= 0.6 is 0 Å². The molecule has 0 amide bonds. The first-order valence-electron chi connectivity index (χ1n) is 9.64. The van der Waals surface area contributed by atoms with Gasteiger partial charge in [-0.15, -0.1) is 0 Å². The molecule has 8 nitrogen and oxygen atoms in total. The Morgan fingerprint density at radius 2 is 1.96 bits per heavy atom. The van der Waals surface area contributed by atoms with Gasteiger partial charge in [0.1, 0.15) is 0 Å². The van der Waals surface area contributed by atoms with Crippen LogP contribution in [0, 0.1) is 0 Å². The van der Waals surface area contributed by atoms with Crippen molar-refractivity contribution in [2.45, 2.75) is 62.2 Å². The Morgan fingerprint density at radius 1 is 1.15 bits per heavy atom. The van der Waals surface area contributed by atoms with Crippen LogP contribution in [-0.2, 0) is 25.9 Å². The van der Waals surface area contributed by atoms with Crippen LogP contribution < -0.4 is 0 Å². The van der Waals surface area contributed by atoms with E-state index < -0.39 is 10.0 Å². The lowest BCUT2D eigenvalue weighted by molar-refractivity contribution is 0.0198. The minimum absolute atomic E-state index is 0.0425. The molecule has 1 saturated carbocycles. The summed E-state index contributed by atoms with van der Waals surface area (Å²) in [5.74, 6) is 1.65. The number of sulfonamides is 1. The van der Waals surface area contributed by atoms with Crippen molar-refractivity contribution < 1.29 is 22.4 Å². The number of aromatic nitrogens is 2. The van der Waals surface area contributed by atoms with E-state index in [2.05, 4.69) is 10.1 Å². The standard InChI is InChI=1S/C17H27N3O5S/c21-26(22,15-3-4-15)20-8-1-2-14(12-20)24-11-7-16-18-17(25-19-16)13-5-9-23-10-6-13/h13-15H,1-12H2. The van der Waals surface area contributed by atoms with Crippen molar-refractivity contribution in [2.24, 2.45) is 0 Å². The maximum Gasteiger partial charge on any atom is 0.229 e. The van der Waals surface area contributed by atoms with Gasteiger partial charge in [-0.2, -0.15) is 9.29 Å². The number of rotatable bonds is 7. The van der Waals surface area contributed by atoms with Gasteiger partial charge in [0.2, 0.25) is 15.9 Å². The lowest BCUT2D eigenvalue weighted by Crippen LogP contribution is -2.44. The minimum Gasteiger partial charge on any atom is -0.381 e. The zero-order chi connectivity index (χ0) is 18.0. The summed E-state index contributed by atoms with van der Waals surface area (Å²) in [6.45, 7) is 3.06. The molecule has 146 valence electrons. The summed E-state index contributed by atoms with van der Waals surface area (Å²) in [7, 11) is -3.10. The number of nitrogens with zero attached hydrogens (tertiary/aromatic N) is 3. The molecule has 2 saturated heterocycles. The summed E-state index contributed by atoms with van der Waals surface area (Å²) in [5, 5.41) is 3.90. The first kappa shape index (κ1) is 18.3. The predicted octanol–water partition coefficient (Wildman–Crippen LogP) is 1.48. The van der Waals surface area contributed by atoms with Crippen molar-refractivity contribution in [2.75, 3.05) is 32.9 Å². The predicted molar refractivity (Wildman–Crippen MR) is 93.3 cm³/mol. The van der Waals surface area contributed by atoms with Crippen LogP contribution in [0.2, 0.25) is 0 Å². The Balaban J connectivity index is 1.23. The molecule has 3 fully saturated rings. The van der Waals surface area contributed by atoms with E-state index in [1.807, 2.05) is 0 Å². The zero-order valence-corrected chi connectivity index (χ0v) is 15.8. The van der Waals surface area contributed by atoms with E-state index in [-0.39, 0.29) is 11.4 Å². The van der Waals surface area contributed by atoms with Crippen LogP contribution in [0.3, 0.4) is 0 Å². The minimum atomic E-state index is -3.10. The fourth-order valence-electron chi connectivity index (χ4n) is 3.65. The molecule has 26 heavy (non-hydrogen) atoms. The van der Waals surface area contributed by atoms with E-state index in [4.69, 9.17) is 14.0 Å². The molecule has 2 aliphatic heterocycles. The van der Waals surface area contributed by atoms with Crippen molar-refractivity contribution in [1.82, 2.24) is 14.4 Å². The van der Waals surface area contributed by atoms with Gasteiger partial charge in [-0.25, -0.2) is 8.42 Å². The quantitative estimate of drug-likeness (QED) is 0.701. The average Bonchev–Trinajstić information content (AvgIpc) is 3.43. The van der Waals surface area contributed by atoms with Crippen LogP contribution in [0.5, 0.6) is 0 Å². The maximum atomic E-state index is 12.4. The SMILES string of the molecule is O=S(=O)(C1CC1)N1CCCC(OCCc2noc(C3CCOCC3)n2)C1. The molecular formula is C17H27N3O5S. The Bertz CT molecular complexity index is 697. The summed E-state index contributed by atoms with van der Waals surface area (Å²) in [4.78, 5) is 4.48. The van der Waals surface area contributed by atoms with Crippen LogP contribution in [0.15, 0.2) is 4.52 Å². The lowest BCUT2D eigenvalue weighted by atomic mass is 10.0. The fraction of sp³-hybridized carbons (Fsp3) is 0.882. The lowest BCUT2D eigenvalue weighted by Gasteiger charge is -2.31. The van der Waals surface area contributed by atoms with Gasteiger partial charge in [0.25, 0.3) is 0 Å². The molecule has 0 spiro atoms. The molecule has 1 aromatic heterocycles. The smallest absolute Gasteiger partial charge is 0.229 e. The van der Waals surface area contributed by atoms with Crippen molar-refractivity contribution in [1.29, 1.82) is 0 Å². The maximum absolute atomic E-state index is 12.4. The fourth-order valence-corrected chi connectivity index (χ4v) is 5.56. The first-order valence-corrected chi connectivity index (χ1v) is 11.1. The number of ether oxygens (including phenoxy) is 2. The van der Waals surface area contributed by atoms with Crippen molar-refractivity contribution >= 4 is 10.0 Å². The Morgan fingerprint density at radius 3 is 2.73 bits per heavy atom. The number of hydrogen-bond donors (Lipinski definition) is 0. The Hall–Kier alpha value is -1.03. The zero-order valence-electron chi connectivity index (χ0n) is 15.0. The second kappa shape index (κ2) is 7.92.